The van der Waals surface area contributed by atoms with Crippen LogP contribution in [0, 0.1) is 5.92 Å². The number of hydrogen-bond acceptors (Lipinski definition) is 4. The lowest BCUT2D eigenvalue weighted by Crippen LogP contribution is -2.40. The highest BCUT2D eigenvalue weighted by Crippen LogP contribution is 2.06. The molecular formula is C13H19NO3S. The Morgan fingerprint density at radius 3 is 2.67 bits per heavy atom. The Hall–Kier alpha value is -1.36. The van der Waals surface area contributed by atoms with E-state index < -0.39 is 6.04 Å². The second kappa shape index (κ2) is 7.16. The van der Waals surface area contributed by atoms with Crippen LogP contribution in [0.2, 0.25) is 0 Å². The third kappa shape index (κ3) is 5.31. The summed E-state index contributed by atoms with van der Waals surface area (Å²) in [4.78, 5) is 23.2. The van der Waals surface area contributed by atoms with Crippen molar-refractivity contribution < 1.29 is 14.3 Å². The summed E-state index contributed by atoms with van der Waals surface area (Å²) in [7, 11) is 0. The average molecular weight is 269 g/mol. The van der Waals surface area contributed by atoms with Crippen LogP contribution in [-0.2, 0) is 20.7 Å². The Bertz CT molecular complexity index is 387. The molecule has 1 heterocycles. The Morgan fingerprint density at radius 2 is 2.11 bits per heavy atom. The zero-order valence-corrected chi connectivity index (χ0v) is 11.8. The molecular weight excluding hydrogens is 250 g/mol. The van der Waals surface area contributed by atoms with E-state index in [1.54, 1.807) is 18.3 Å². The summed E-state index contributed by atoms with van der Waals surface area (Å²) in [5, 5.41) is 6.47. The molecule has 0 radical (unpaired) electrons. The topological polar surface area (TPSA) is 55.4 Å². The maximum Gasteiger partial charge on any atom is 0.328 e. The van der Waals surface area contributed by atoms with E-state index >= 15 is 0 Å². The lowest BCUT2D eigenvalue weighted by Gasteiger charge is -2.14. The molecule has 0 aliphatic rings. The van der Waals surface area contributed by atoms with Crippen molar-refractivity contribution in [3.8, 4) is 0 Å². The lowest BCUT2D eigenvalue weighted by atomic mass is 10.2. The third-order valence-corrected chi connectivity index (χ3v) is 2.97. The fourth-order valence-electron chi connectivity index (χ4n) is 1.30. The van der Waals surface area contributed by atoms with Crippen LogP contribution in [-0.4, -0.2) is 24.5 Å². The SMILES string of the molecule is CC(C)COC(=O)[C@H](C)NC(=O)Cc1ccsc1. The predicted octanol–water partition coefficient (Wildman–Crippen LogP) is 1.99. The van der Waals surface area contributed by atoms with Crippen LogP contribution in [0.3, 0.4) is 0 Å². The van der Waals surface area contributed by atoms with Gasteiger partial charge in [-0.05, 0) is 35.2 Å². The van der Waals surface area contributed by atoms with Gasteiger partial charge >= 0.3 is 5.97 Å². The van der Waals surface area contributed by atoms with E-state index in [0.717, 1.165) is 5.56 Å². The molecule has 0 aliphatic carbocycles. The number of carbonyl (C=O) groups excluding carboxylic acids is 2. The standard InChI is InChI=1S/C13H19NO3S/c1-9(2)7-17-13(16)10(3)14-12(15)6-11-4-5-18-8-11/h4-5,8-10H,6-7H2,1-3H3,(H,14,15)/t10-/m0/s1. The van der Waals surface area contributed by atoms with Crippen LogP contribution in [0.25, 0.3) is 0 Å². The molecule has 0 fully saturated rings. The second-order valence-corrected chi connectivity index (χ2v) is 5.40. The quantitative estimate of drug-likeness (QED) is 0.804. The summed E-state index contributed by atoms with van der Waals surface area (Å²) < 4.78 is 5.05. The minimum absolute atomic E-state index is 0.164. The van der Waals surface area contributed by atoms with Crippen LogP contribution in [0.5, 0.6) is 0 Å². The average Bonchev–Trinajstić information content (AvgIpc) is 2.78. The van der Waals surface area contributed by atoms with Crippen molar-refractivity contribution in [3.05, 3.63) is 22.4 Å². The van der Waals surface area contributed by atoms with E-state index in [4.69, 9.17) is 4.74 Å². The molecule has 0 bridgehead atoms. The first-order chi connectivity index (χ1) is 8.49. The van der Waals surface area contributed by atoms with Gasteiger partial charge in [-0.3, -0.25) is 4.79 Å². The summed E-state index contributed by atoms with van der Waals surface area (Å²) >= 11 is 1.55. The zero-order valence-electron chi connectivity index (χ0n) is 10.9. The Balaban J connectivity index is 2.32. The fourth-order valence-corrected chi connectivity index (χ4v) is 1.97. The molecule has 1 N–H and O–H groups in total. The fraction of sp³-hybridized carbons (Fsp3) is 0.538. The number of rotatable bonds is 6. The lowest BCUT2D eigenvalue weighted by molar-refractivity contribution is -0.148. The summed E-state index contributed by atoms with van der Waals surface area (Å²) in [5.41, 5.74) is 0.959. The molecule has 4 nitrogen and oxygen atoms in total. The molecule has 5 heteroatoms. The molecule has 1 rings (SSSR count). The second-order valence-electron chi connectivity index (χ2n) is 4.62. The molecule has 1 aromatic rings. The zero-order chi connectivity index (χ0) is 13.5. The van der Waals surface area contributed by atoms with Crippen molar-refractivity contribution in [1.82, 2.24) is 5.32 Å². The smallest absolute Gasteiger partial charge is 0.328 e. The van der Waals surface area contributed by atoms with Crippen molar-refractivity contribution in [2.75, 3.05) is 6.61 Å². The van der Waals surface area contributed by atoms with Crippen molar-refractivity contribution in [1.29, 1.82) is 0 Å². The minimum Gasteiger partial charge on any atom is -0.464 e. The van der Waals surface area contributed by atoms with Crippen molar-refractivity contribution in [3.63, 3.8) is 0 Å². The molecule has 0 unspecified atom stereocenters. The van der Waals surface area contributed by atoms with Gasteiger partial charge in [-0.15, -0.1) is 0 Å². The summed E-state index contributed by atoms with van der Waals surface area (Å²) in [6, 6.07) is 1.29. The summed E-state index contributed by atoms with van der Waals surface area (Å²) in [5.74, 6) is -0.257. The first-order valence-corrected chi connectivity index (χ1v) is 6.90. The van der Waals surface area contributed by atoms with E-state index in [9.17, 15) is 9.59 Å². The number of amides is 1. The van der Waals surface area contributed by atoms with Crippen molar-refractivity contribution in [2.45, 2.75) is 33.2 Å². The Labute approximate surface area is 111 Å². The van der Waals surface area contributed by atoms with E-state index in [0.29, 0.717) is 18.9 Å². The van der Waals surface area contributed by atoms with Gasteiger partial charge in [-0.25, -0.2) is 4.79 Å². The monoisotopic (exact) mass is 269 g/mol. The molecule has 0 aromatic carbocycles. The van der Waals surface area contributed by atoms with E-state index in [2.05, 4.69) is 5.32 Å². The Kier molecular flexibility index (Phi) is 5.85. The minimum atomic E-state index is -0.602. The van der Waals surface area contributed by atoms with E-state index in [1.807, 2.05) is 30.7 Å². The number of thiophene rings is 1. The highest BCUT2D eigenvalue weighted by atomic mass is 32.1. The van der Waals surface area contributed by atoms with Gasteiger partial charge in [-0.2, -0.15) is 11.3 Å². The predicted molar refractivity (Wildman–Crippen MR) is 71.4 cm³/mol. The molecule has 0 saturated heterocycles. The molecule has 0 aliphatic heterocycles. The van der Waals surface area contributed by atoms with E-state index in [-0.39, 0.29) is 11.9 Å². The normalized spacial score (nSPS) is 12.2. The van der Waals surface area contributed by atoms with Gasteiger partial charge in [0.1, 0.15) is 6.04 Å². The van der Waals surface area contributed by atoms with Gasteiger partial charge in [0.05, 0.1) is 13.0 Å². The highest BCUT2D eigenvalue weighted by molar-refractivity contribution is 7.07. The van der Waals surface area contributed by atoms with Gasteiger partial charge in [0.2, 0.25) is 5.91 Å². The van der Waals surface area contributed by atoms with Gasteiger partial charge in [-0.1, -0.05) is 13.8 Å². The van der Waals surface area contributed by atoms with Crippen LogP contribution in [0.4, 0.5) is 0 Å². The van der Waals surface area contributed by atoms with E-state index in [1.165, 1.54) is 0 Å². The number of ether oxygens (including phenoxy) is 1. The molecule has 0 saturated carbocycles. The number of esters is 1. The van der Waals surface area contributed by atoms with Crippen molar-refractivity contribution in [2.24, 2.45) is 5.92 Å². The maximum absolute atomic E-state index is 11.6. The molecule has 1 amide bonds. The van der Waals surface area contributed by atoms with Gasteiger partial charge < -0.3 is 10.1 Å². The van der Waals surface area contributed by atoms with Gasteiger partial charge in [0.25, 0.3) is 0 Å². The molecule has 1 atom stereocenters. The Morgan fingerprint density at radius 1 is 1.39 bits per heavy atom. The van der Waals surface area contributed by atoms with Crippen LogP contribution < -0.4 is 5.32 Å². The molecule has 1 aromatic heterocycles. The number of carbonyl (C=O) groups is 2. The van der Waals surface area contributed by atoms with Gasteiger partial charge in [0, 0.05) is 0 Å². The number of hydrogen-bond donors (Lipinski definition) is 1. The maximum atomic E-state index is 11.6. The molecule has 18 heavy (non-hydrogen) atoms. The van der Waals surface area contributed by atoms with Crippen LogP contribution in [0.1, 0.15) is 26.3 Å². The first kappa shape index (κ1) is 14.7. The molecule has 0 spiro atoms. The first-order valence-electron chi connectivity index (χ1n) is 5.96. The van der Waals surface area contributed by atoms with Gasteiger partial charge in [0.15, 0.2) is 0 Å². The van der Waals surface area contributed by atoms with Crippen molar-refractivity contribution >= 4 is 23.2 Å². The largest absolute Gasteiger partial charge is 0.464 e. The highest BCUT2D eigenvalue weighted by Gasteiger charge is 2.17. The third-order valence-electron chi connectivity index (χ3n) is 2.23. The van der Waals surface area contributed by atoms with Crippen LogP contribution >= 0.6 is 11.3 Å². The summed E-state index contributed by atoms with van der Waals surface area (Å²) in [6.45, 7) is 5.94. The molecule has 100 valence electrons. The number of nitrogens with one attached hydrogen (secondary N) is 1. The van der Waals surface area contributed by atoms with Crippen LogP contribution in [0.15, 0.2) is 16.8 Å². The summed E-state index contributed by atoms with van der Waals surface area (Å²) in [6.07, 6.45) is 0.297.